The van der Waals surface area contributed by atoms with Gasteiger partial charge in [0.05, 0.1) is 24.2 Å². The van der Waals surface area contributed by atoms with Crippen LogP contribution in [0.1, 0.15) is 18.1 Å². The molecular weight excluding hydrogens is 432 g/mol. The van der Waals surface area contributed by atoms with Crippen molar-refractivity contribution in [2.45, 2.75) is 31.3 Å². The Bertz CT molecular complexity index is 913. The van der Waals surface area contributed by atoms with Gasteiger partial charge in [0.25, 0.3) is 11.8 Å². The van der Waals surface area contributed by atoms with Crippen LogP contribution in [0.25, 0.3) is 11.4 Å². The Balaban J connectivity index is 1.81. The second-order valence-electron chi connectivity index (χ2n) is 6.56. The van der Waals surface area contributed by atoms with Gasteiger partial charge in [-0.2, -0.15) is 26.3 Å². The van der Waals surface area contributed by atoms with Crippen LogP contribution in [0.4, 0.5) is 35.1 Å². The second kappa shape index (κ2) is 7.09. The van der Waals surface area contributed by atoms with Crippen molar-refractivity contribution in [3.8, 4) is 11.4 Å². The van der Waals surface area contributed by atoms with Crippen molar-refractivity contribution in [3.05, 3.63) is 35.7 Å². The maximum atomic E-state index is 13.0. The Labute approximate surface area is 163 Å². The number of rotatable bonds is 4. The molecule has 0 aliphatic carbocycles. The molecule has 1 aromatic carbocycles. The van der Waals surface area contributed by atoms with Gasteiger partial charge in [-0.1, -0.05) is 4.85 Å². The topological polar surface area (TPSA) is 60.2 Å². The van der Waals surface area contributed by atoms with Crippen molar-refractivity contribution in [1.82, 2.24) is 19.8 Å². The molecule has 30 heavy (non-hydrogen) atoms. The summed E-state index contributed by atoms with van der Waals surface area (Å²) in [5, 5.41) is 3.61. The number of alkyl halides is 8. The third-order valence-electron chi connectivity index (χ3n) is 4.09. The average molecular weight is 444 g/mol. The third-order valence-corrected chi connectivity index (χ3v) is 4.09. The molecule has 1 unspecified atom stereocenters. The van der Waals surface area contributed by atoms with E-state index in [4.69, 9.17) is 4.84 Å². The quantitative estimate of drug-likeness (QED) is 0.680. The zero-order valence-corrected chi connectivity index (χ0v) is 14.9. The van der Waals surface area contributed by atoms with E-state index in [0.29, 0.717) is 17.0 Å². The predicted molar refractivity (Wildman–Crippen MR) is 83.0 cm³/mol. The standard InChI is InChI=1S/C16H12F8N4O2/c1-8(13(29)27-5-14(17,18)6-27)30-28-7-25-12(26-28)9-2-10(15(19,20)21)4-11(3-9)16(22,23)24/h2-4,7-8H,5-6H2,1H3. The minimum atomic E-state index is -5.05. The van der Waals surface area contributed by atoms with Crippen molar-refractivity contribution in [3.63, 3.8) is 0 Å². The number of aromatic nitrogens is 3. The van der Waals surface area contributed by atoms with Gasteiger partial charge in [0.1, 0.15) is 0 Å². The summed E-state index contributed by atoms with van der Waals surface area (Å²) in [4.78, 5) is 22.0. The van der Waals surface area contributed by atoms with Crippen molar-refractivity contribution >= 4 is 5.91 Å². The smallest absolute Gasteiger partial charge is 0.382 e. The highest BCUT2D eigenvalue weighted by Gasteiger charge is 2.47. The van der Waals surface area contributed by atoms with Crippen LogP contribution in [0.5, 0.6) is 0 Å². The molecule has 1 aliphatic rings. The van der Waals surface area contributed by atoms with E-state index in [2.05, 4.69) is 10.1 Å². The molecule has 6 nitrogen and oxygen atoms in total. The van der Waals surface area contributed by atoms with Gasteiger partial charge in [0.15, 0.2) is 12.2 Å². The van der Waals surface area contributed by atoms with E-state index < -0.39 is 65.9 Å². The van der Waals surface area contributed by atoms with Crippen LogP contribution in [0.15, 0.2) is 24.5 Å². The minimum Gasteiger partial charge on any atom is -0.382 e. The van der Waals surface area contributed by atoms with Gasteiger partial charge in [-0.25, -0.2) is 13.8 Å². The van der Waals surface area contributed by atoms with Gasteiger partial charge in [-0.15, -0.1) is 5.10 Å². The summed E-state index contributed by atoms with van der Waals surface area (Å²) in [7, 11) is 0. The normalized spacial score (nSPS) is 17.4. The Morgan fingerprint density at radius 2 is 1.60 bits per heavy atom. The summed E-state index contributed by atoms with van der Waals surface area (Å²) in [6.45, 7) is -0.356. The number of halogens is 8. The van der Waals surface area contributed by atoms with Crippen molar-refractivity contribution in [2.24, 2.45) is 0 Å². The lowest BCUT2D eigenvalue weighted by Crippen LogP contribution is -2.61. The number of nitrogens with zero attached hydrogens (tertiary/aromatic N) is 4. The van der Waals surface area contributed by atoms with E-state index in [9.17, 15) is 39.9 Å². The fourth-order valence-corrected chi connectivity index (χ4v) is 2.65. The zero-order chi connectivity index (χ0) is 22.5. The minimum absolute atomic E-state index is 0.0411. The van der Waals surface area contributed by atoms with Crippen LogP contribution in [0.2, 0.25) is 0 Å². The number of hydrogen-bond donors (Lipinski definition) is 0. The molecule has 14 heteroatoms. The van der Waals surface area contributed by atoms with E-state index in [1.165, 1.54) is 6.92 Å². The lowest BCUT2D eigenvalue weighted by atomic mass is 10.0. The molecule has 0 radical (unpaired) electrons. The molecular formula is C16H12F8N4O2. The van der Waals surface area contributed by atoms with Crippen molar-refractivity contribution in [1.29, 1.82) is 0 Å². The molecule has 2 heterocycles. The van der Waals surface area contributed by atoms with Crippen LogP contribution in [0, 0.1) is 0 Å². The SMILES string of the molecule is CC(On1cnc(-c2cc(C(F)(F)F)cc(C(F)(F)F)c2)n1)C(=O)N1CC(F)(F)C1. The first-order chi connectivity index (χ1) is 13.7. The molecule has 1 aromatic heterocycles. The molecule has 0 bridgehead atoms. The molecule has 2 aromatic rings. The van der Waals surface area contributed by atoms with E-state index in [-0.39, 0.29) is 6.07 Å². The van der Waals surface area contributed by atoms with Crippen LogP contribution in [-0.4, -0.2) is 50.9 Å². The lowest BCUT2D eigenvalue weighted by Gasteiger charge is -2.39. The molecule has 0 spiro atoms. The molecule has 1 aliphatic heterocycles. The van der Waals surface area contributed by atoms with Gasteiger partial charge in [0.2, 0.25) is 6.10 Å². The van der Waals surface area contributed by atoms with Gasteiger partial charge < -0.3 is 9.74 Å². The molecule has 1 atom stereocenters. The highest BCUT2D eigenvalue weighted by atomic mass is 19.4. The summed E-state index contributed by atoms with van der Waals surface area (Å²) in [5.74, 6) is -4.31. The van der Waals surface area contributed by atoms with Crippen LogP contribution >= 0.6 is 0 Å². The highest BCUT2D eigenvalue weighted by molar-refractivity contribution is 5.81. The zero-order valence-electron chi connectivity index (χ0n) is 14.9. The first-order valence-corrected chi connectivity index (χ1v) is 8.21. The van der Waals surface area contributed by atoms with Crippen LogP contribution in [0.3, 0.4) is 0 Å². The Kier molecular flexibility index (Phi) is 5.15. The van der Waals surface area contributed by atoms with Gasteiger partial charge in [0, 0.05) is 5.56 Å². The number of hydrogen-bond acceptors (Lipinski definition) is 4. The first-order valence-electron chi connectivity index (χ1n) is 8.21. The maximum absolute atomic E-state index is 13.0. The molecule has 1 saturated heterocycles. The summed E-state index contributed by atoms with van der Waals surface area (Å²) >= 11 is 0. The van der Waals surface area contributed by atoms with Crippen LogP contribution in [-0.2, 0) is 17.1 Å². The number of carbonyl (C=O) groups is 1. The number of benzene rings is 1. The van der Waals surface area contributed by atoms with Crippen LogP contribution < -0.4 is 4.84 Å². The summed E-state index contributed by atoms with van der Waals surface area (Å²) < 4.78 is 103. The molecule has 1 amide bonds. The Morgan fingerprint density at radius 1 is 1.07 bits per heavy atom. The third kappa shape index (κ3) is 4.62. The maximum Gasteiger partial charge on any atom is 0.416 e. The average Bonchev–Trinajstić information content (AvgIpc) is 3.05. The number of amides is 1. The largest absolute Gasteiger partial charge is 0.416 e. The Hall–Kier alpha value is -2.93. The molecule has 3 rings (SSSR count). The summed E-state index contributed by atoms with van der Waals surface area (Å²) in [5.41, 5.74) is -3.68. The van der Waals surface area contributed by atoms with E-state index in [1.807, 2.05) is 0 Å². The predicted octanol–water partition coefficient (Wildman–Crippen LogP) is 3.28. The summed E-state index contributed by atoms with van der Waals surface area (Å²) in [6, 6.07) is 0.831. The fraction of sp³-hybridized carbons (Fsp3) is 0.438. The number of likely N-dealkylation sites (tertiary alicyclic amines) is 1. The first kappa shape index (κ1) is 21.8. The second-order valence-corrected chi connectivity index (χ2v) is 6.56. The Morgan fingerprint density at radius 3 is 2.07 bits per heavy atom. The van der Waals surface area contributed by atoms with Crippen molar-refractivity contribution < 1.29 is 44.8 Å². The fourth-order valence-electron chi connectivity index (χ4n) is 2.65. The monoisotopic (exact) mass is 444 g/mol. The number of carbonyl (C=O) groups excluding carboxylic acids is 1. The summed E-state index contributed by atoms with van der Waals surface area (Å²) in [6.07, 6.45) is -10.6. The van der Waals surface area contributed by atoms with Gasteiger partial charge in [-0.3, -0.25) is 4.79 Å². The molecule has 1 fully saturated rings. The van der Waals surface area contributed by atoms with Crippen molar-refractivity contribution in [2.75, 3.05) is 13.1 Å². The molecule has 164 valence electrons. The van der Waals surface area contributed by atoms with Gasteiger partial charge >= 0.3 is 12.4 Å². The molecule has 0 saturated carbocycles. The van der Waals surface area contributed by atoms with E-state index in [1.54, 1.807) is 0 Å². The van der Waals surface area contributed by atoms with E-state index in [0.717, 1.165) is 11.2 Å². The lowest BCUT2D eigenvalue weighted by molar-refractivity contribution is -0.175. The highest BCUT2D eigenvalue weighted by Crippen LogP contribution is 2.38. The van der Waals surface area contributed by atoms with Gasteiger partial charge in [-0.05, 0) is 25.1 Å². The molecule has 0 N–H and O–H groups in total. The van der Waals surface area contributed by atoms with E-state index >= 15 is 0 Å².